The van der Waals surface area contributed by atoms with Crippen LogP contribution in [0.2, 0.25) is 0 Å². The van der Waals surface area contributed by atoms with E-state index in [0.717, 1.165) is 67.7 Å². The number of nitrogens with two attached hydrogens (primary N) is 1. The molecule has 3 rings (SSSR count). The quantitative estimate of drug-likeness (QED) is 0.460. The zero-order chi connectivity index (χ0) is 20.1. The summed E-state index contributed by atoms with van der Waals surface area (Å²) in [6.45, 7) is 8.30. The number of fused-ring (bicyclic) bond motifs is 3. The average molecular weight is 421 g/mol. The smallest absolute Gasteiger partial charge is 0.233 e. The van der Waals surface area contributed by atoms with Crippen molar-refractivity contribution in [3.05, 3.63) is 10.4 Å². The van der Waals surface area contributed by atoms with E-state index < -0.39 is 0 Å². The second kappa shape index (κ2) is 9.92. The lowest BCUT2D eigenvalue weighted by Gasteiger charge is -2.22. The van der Waals surface area contributed by atoms with Crippen molar-refractivity contribution in [1.82, 2.24) is 14.9 Å². The Morgan fingerprint density at radius 3 is 2.64 bits per heavy atom. The first-order chi connectivity index (χ1) is 13.5. The standard InChI is InChI=1S/C21H32N4OS2/c1-4-6-10-25(11-7-5-2)17(26)13-27-21-23-19(22)18-15-9-8-14(3)12-16(15)28-20(18)24-21/h14H,4-13H2,1-3H3,(H2,22,23,24). The molecule has 5 nitrogen and oxygen atoms in total. The van der Waals surface area contributed by atoms with Crippen molar-refractivity contribution in [2.75, 3.05) is 24.6 Å². The van der Waals surface area contributed by atoms with Gasteiger partial charge in [-0.2, -0.15) is 0 Å². The maximum absolute atomic E-state index is 12.7. The number of nitrogen functional groups attached to an aromatic ring is 1. The van der Waals surface area contributed by atoms with Gasteiger partial charge in [-0.25, -0.2) is 9.97 Å². The molecule has 0 fully saturated rings. The third kappa shape index (κ3) is 4.98. The Bertz CT molecular complexity index is 812. The monoisotopic (exact) mass is 420 g/mol. The first-order valence-electron chi connectivity index (χ1n) is 10.5. The summed E-state index contributed by atoms with van der Waals surface area (Å²) in [4.78, 5) is 26.3. The minimum atomic E-state index is 0.175. The summed E-state index contributed by atoms with van der Waals surface area (Å²) >= 11 is 3.17. The molecule has 1 unspecified atom stereocenters. The molecule has 2 N–H and O–H groups in total. The Hall–Kier alpha value is -1.34. The summed E-state index contributed by atoms with van der Waals surface area (Å²) in [6.07, 6.45) is 7.68. The lowest BCUT2D eigenvalue weighted by Crippen LogP contribution is -2.34. The summed E-state index contributed by atoms with van der Waals surface area (Å²) in [7, 11) is 0. The number of aryl methyl sites for hydroxylation is 1. The van der Waals surface area contributed by atoms with Gasteiger partial charge in [0.25, 0.3) is 0 Å². The summed E-state index contributed by atoms with van der Waals surface area (Å²) in [6, 6.07) is 0. The van der Waals surface area contributed by atoms with Crippen LogP contribution in [0.25, 0.3) is 10.2 Å². The predicted molar refractivity (Wildman–Crippen MR) is 120 cm³/mol. The highest BCUT2D eigenvalue weighted by Gasteiger charge is 2.23. The molecule has 1 atom stereocenters. The van der Waals surface area contributed by atoms with Crippen molar-refractivity contribution >= 4 is 45.0 Å². The van der Waals surface area contributed by atoms with E-state index in [9.17, 15) is 4.79 Å². The van der Waals surface area contributed by atoms with Crippen LogP contribution in [-0.2, 0) is 17.6 Å². The molecule has 0 aromatic carbocycles. The molecule has 0 aliphatic heterocycles. The Kier molecular flexibility index (Phi) is 7.57. The summed E-state index contributed by atoms with van der Waals surface area (Å²) in [5.74, 6) is 1.84. The Morgan fingerprint density at radius 1 is 1.25 bits per heavy atom. The van der Waals surface area contributed by atoms with Gasteiger partial charge in [-0.3, -0.25) is 4.79 Å². The van der Waals surface area contributed by atoms with Gasteiger partial charge in [-0.1, -0.05) is 45.4 Å². The van der Waals surface area contributed by atoms with Crippen molar-refractivity contribution in [1.29, 1.82) is 0 Å². The van der Waals surface area contributed by atoms with E-state index in [1.54, 1.807) is 11.3 Å². The SMILES string of the molecule is CCCCN(CCCC)C(=O)CSc1nc(N)c2c3c(sc2n1)CC(C)CC3. The number of amides is 1. The van der Waals surface area contributed by atoms with E-state index in [1.807, 2.05) is 4.90 Å². The van der Waals surface area contributed by atoms with Crippen molar-refractivity contribution in [3.63, 3.8) is 0 Å². The van der Waals surface area contributed by atoms with Crippen LogP contribution in [-0.4, -0.2) is 39.6 Å². The lowest BCUT2D eigenvalue weighted by molar-refractivity contribution is -0.128. The molecular formula is C21H32N4OS2. The number of nitrogens with zero attached hydrogens (tertiary/aromatic N) is 3. The molecule has 1 aliphatic rings. The highest BCUT2D eigenvalue weighted by Crippen LogP contribution is 2.39. The van der Waals surface area contributed by atoms with Crippen molar-refractivity contribution < 1.29 is 4.79 Å². The number of hydrogen-bond donors (Lipinski definition) is 1. The van der Waals surface area contributed by atoms with Crippen LogP contribution >= 0.6 is 23.1 Å². The van der Waals surface area contributed by atoms with Crippen LogP contribution in [0.15, 0.2) is 5.16 Å². The highest BCUT2D eigenvalue weighted by atomic mass is 32.2. The largest absolute Gasteiger partial charge is 0.383 e. The van der Waals surface area contributed by atoms with E-state index in [0.29, 0.717) is 16.7 Å². The van der Waals surface area contributed by atoms with Crippen LogP contribution in [0.1, 0.15) is 63.3 Å². The van der Waals surface area contributed by atoms with Crippen LogP contribution < -0.4 is 5.73 Å². The van der Waals surface area contributed by atoms with E-state index in [2.05, 4.69) is 25.8 Å². The van der Waals surface area contributed by atoms with E-state index in [-0.39, 0.29) is 5.91 Å². The molecule has 154 valence electrons. The first-order valence-corrected chi connectivity index (χ1v) is 12.3. The molecule has 0 saturated carbocycles. The molecule has 2 aromatic rings. The van der Waals surface area contributed by atoms with Gasteiger partial charge in [0, 0.05) is 18.0 Å². The zero-order valence-corrected chi connectivity index (χ0v) is 18.9. The van der Waals surface area contributed by atoms with Crippen LogP contribution in [0.3, 0.4) is 0 Å². The Morgan fingerprint density at radius 2 is 1.96 bits per heavy atom. The van der Waals surface area contributed by atoms with E-state index in [4.69, 9.17) is 10.7 Å². The maximum Gasteiger partial charge on any atom is 0.233 e. The number of carbonyl (C=O) groups excluding carboxylic acids is 1. The predicted octanol–water partition coefficient (Wildman–Crippen LogP) is 4.92. The van der Waals surface area contributed by atoms with Gasteiger partial charge in [0.1, 0.15) is 10.6 Å². The fourth-order valence-corrected chi connectivity index (χ4v) is 5.89. The topological polar surface area (TPSA) is 72.1 Å². The number of anilines is 1. The average Bonchev–Trinajstić information content (AvgIpc) is 3.04. The third-order valence-corrected chi connectivity index (χ3v) is 7.38. The van der Waals surface area contributed by atoms with E-state index >= 15 is 0 Å². The molecule has 1 aliphatic carbocycles. The normalized spacial score (nSPS) is 16.3. The molecule has 0 bridgehead atoms. The number of thioether (sulfide) groups is 1. The van der Waals surface area contributed by atoms with Gasteiger partial charge in [-0.15, -0.1) is 11.3 Å². The number of rotatable bonds is 9. The summed E-state index contributed by atoms with van der Waals surface area (Å²) in [5.41, 5.74) is 7.66. The highest BCUT2D eigenvalue weighted by molar-refractivity contribution is 7.99. The molecule has 2 aromatic heterocycles. The van der Waals surface area contributed by atoms with Gasteiger partial charge in [0.05, 0.1) is 11.1 Å². The van der Waals surface area contributed by atoms with Crippen molar-refractivity contribution in [2.45, 2.75) is 70.9 Å². The fraction of sp³-hybridized carbons (Fsp3) is 0.667. The second-order valence-corrected chi connectivity index (χ2v) is 9.83. The first kappa shape index (κ1) is 21.4. The minimum Gasteiger partial charge on any atom is -0.383 e. The number of thiophene rings is 1. The van der Waals surface area contributed by atoms with Crippen molar-refractivity contribution in [3.8, 4) is 0 Å². The third-order valence-electron chi connectivity index (χ3n) is 5.40. The lowest BCUT2D eigenvalue weighted by atomic mass is 9.89. The molecule has 2 heterocycles. The van der Waals surface area contributed by atoms with Gasteiger partial charge in [-0.05, 0) is 43.6 Å². The van der Waals surface area contributed by atoms with Crippen LogP contribution in [0.4, 0.5) is 5.82 Å². The van der Waals surface area contributed by atoms with Crippen LogP contribution in [0.5, 0.6) is 0 Å². The van der Waals surface area contributed by atoms with Gasteiger partial charge in [0.15, 0.2) is 5.16 Å². The maximum atomic E-state index is 12.7. The minimum absolute atomic E-state index is 0.175. The molecule has 7 heteroatoms. The molecule has 28 heavy (non-hydrogen) atoms. The number of aromatic nitrogens is 2. The molecule has 0 spiro atoms. The van der Waals surface area contributed by atoms with Crippen LogP contribution in [0, 0.1) is 5.92 Å². The van der Waals surface area contributed by atoms with Gasteiger partial charge in [0.2, 0.25) is 5.91 Å². The molecular weight excluding hydrogens is 388 g/mol. The Balaban J connectivity index is 1.71. The van der Waals surface area contributed by atoms with E-state index in [1.165, 1.54) is 28.6 Å². The van der Waals surface area contributed by atoms with Crippen molar-refractivity contribution in [2.24, 2.45) is 5.92 Å². The number of carbonyl (C=O) groups is 1. The fourth-order valence-electron chi connectivity index (χ4n) is 3.69. The van der Waals surface area contributed by atoms with Gasteiger partial charge >= 0.3 is 0 Å². The number of unbranched alkanes of at least 4 members (excludes halogenated alkanes) is 2. The summed E-state index contributed by atoms with van der Waals surface area (Å²) in [5, 5.41) is 1.67. The molecule has 0 saturated heterocycles. The molecule has 0 radical (unpaired) electrons. The second-order valence-electron chi connectivity index (χ2n) is 7.80. The summed E-state index contributed by atoms with van der Waals surface area (Å²) < 4.78 is 0. The molecule has 1 amide bonds. The zero-order valence-electron chi connectivity index (χ0n) is 17.3. The number of hydrogen-bond acceptors (Lipinski definition) is 6. The Labute approximate surface area is 176 Å². The van der Waals surface area contributed by atoms with Gasteiger partial charge < -0.3 is 10.6 Å².